The number of rotatable bonds is 18. The average molecular weight is 1960 g/mol. The Morgan fingerprint density at radius 2 is 0.580 bits per heavy atom. The van der Waals surface area contributed by atoms with Crippen molar-refractivity contribution in [1.29, 1.82) is 0 Å². The maximum atomic E-state index is 13.1. The lowest BCUT2D eigenvalue weighted by Gasteiger charge is -2.41. The van der Waals surface area contributed by atoms with Crippen molar-refractivity contribution in [1.82, 2.24) is 119 Å². The number of nitrogens with one attached hydrogen (secondary N) is 6. The monoisotopic (exact) mass is 1960 g/mol. The van der Waals surface area contributed by atoms with Crippen molar-refractivity contribution in [3.05, 3.63) is 180 Å². The van der Waals surface area contributed by atoms with Crippen LogP contribution in [0.5, 0.6) is 0 Å². The van der Waals surface area contributed by atoms with Gasteiger partial charge in [0.05, 0.1) is 87.7 Å². The van der Waals surface area contributed by atoms with Gasteiger partial charge in [-0.3, -0.25) is 28.8 Å². The van der Waals surface area contributed by atoms with Gasteiger partial charge in [-0.2, -0.15) is 0 Å². The van der Waals surface area contributed by atoms with Crippen LogP contribution >= 0.6 is 0 Å². The minimum Gasteiger partial charge on any atom is -0.354 e. The third-order valence-corrected chi connectivity index (χ3v) is 18.6. The van der Waals surface area contributed by atoms with Crippen LogP contribution in [-0.2, 0) is 28.8 Å². The van der Waals surface area contributed by atoms with Crippen molar-refractivity contribution in [3.63, 3.8) is 0 Å². The van der Waals surface area contributed by atoms with Crippen molar-refractivity contribution < 1.29 is 143 Å². The fraction of sp³-hybridized carbons (Fsp3) is 0.500. The smallest absolute Gasteiger partial charge is 0.302 e. The van der Waals surface area contributed by atoms with Gasteiger partial charge in [0.25, 0.3) is 39.0 Å². The molecule has 12 aromatic heterocycles. The van der Waals surface area contributed by atoms with Gasteiger partial charge in [-0.15, -0.1) is 0 Å². The zero-order chi connectivity index (χ0) is 171. The molecule has 0 aromatic carbocycles. The summed E-state index contributed by atoms with van der Waals surface area (Å²) >= 11 is 0. The molecule has 0 bridgehead atoms. The van der Waals surface area contributed by atoms with E-state index >= 15 is 0 Å². The predicted octanol–water partition coefficient (Wildman–Crippen LogP) is 9.30. The topological polar surface area (TPSA) is 417 Å². The fourth-order valence-electron chi connectivity index (χ4n) is 12.1. The number of hydrogen-bond donors (Lipinski definition) is 6. The van der Waals surface area contributed by atoms with Crippen molar-refractivity contribution in [2.75, 3.05) is 188 Å². The molecule has 6 N–H and O–H groups in total. The Hall–Kier alpha value is -15.7. The average Bonchev–Trinajstić information content (AvgIpc) is 1.48. The number of fused-ring (bicyclic) bond motifs is 6. The number of aromatic amines is 6. The maximum absolute atomic E-state index is 13.1. The van der Waals surface area contributed by atoms with Crippen LogP contribution in [0.25, 0.3) is 95.3 Å². The fourth-order valence-corrected chi connectivity index (χ4v) is 12.1. The lowest BCUT2D eigenvalue weighted by atomic mass is 9.92. The van der Waals surface area contributed by atoms with Gasteiger partial charge < -0.3 is 118 Å². The molecule has 0 unspecified atom stereocenters. The first-order chi connectivity index (χ1) is 98.6. The van der Waals surface area contributed by atoms with E-state index in [0.29, 0.717) is 9.80 Å². The van der Waals surface area contributed by atoms with Gasteiger partial charge in [-0.1, -0.05) is 41.3 Å². The SMILES string of the molecule is [2H]c1nc(N(C([2H])([2H])[2H])[C@]2([2H])[C@H](C)C([2H])([2H])C([2H])([2H])N(C(=O)C([2H])([2H])[N+]#[C-])C2([2H])[2H])c2cc[nH]c2n1.[2H]c1nc(N(C)[C@@]2([2H])C([2H])([2H])N(C(=O)C([2H])([2H])[N+]#[C-])C([2H])([2H])C([2H])([2H])[C@@]2([2H])C([2H])([2H])[2H])c2cc[nH]c2n1.[2H]c1nc(N([C@@H]2[C@H](C([2H])([2H])[2H])C([2H])([2H])C([2H])([2H])N(C(=O)C([2H])([2H])[N+]#[C-])C2([2H])[2H])C([2H])([2H])[2H])c2cc[nH]c2n1.[2H]c1nc(N([C@@H]2[C@H](C)C([2H])([2H])C([2H])([2H])N(C(=O)C([2H])([2H])[N+]#[C-])C2([2H])[2H])C([2H])([2H])[2H])c2cc[nH]c2n1.[2H]c1nc(N([C@H]2C([2H])([2H])N(C(=O)C([2H])([2H])[N+]#[C-])C([2H])([2H])C([2H])([2H])[C@@]2([2H])C([2H])([2H])[2H])C([2H])([2H])[2H])c2cc[nH]c2n1.[2H]c1nc(N([C@H]2C([2H])([2H])N(C(=O)C([2H])([2H])[N+]#[C-])C([2H])([2H])C([2H])([2H])[C@@]2([2H])C)C([2H])([2H])[2H])c2cc[nH]c2n1. The Morgan fingerprint density at radius 3 is 0.891 bits per heavy atom. The number of likely N-dealkylation sites (N-methyl/N-ethyl adjacent to an activating group) is 6. The van der Waals surface area contributed by atoms with Gasteiger partial charge in [-0.05, 0) is 110 Å². The van der Waals surface area contributed by atoms with Crippen LogP contribution in [0, 0.1) is 74.9 Å². The molecule has 0 spiro atoms. The van der Waals surface area contributed by atoms with Crippen molar-refractivity contribution >= 4 is 137 Å². The number of likely N-dealkylation sites (tertiary alicyclic amines) is 6. The number of amides is 6. The van der Waals surface area contributed by atoms with Crippen LogP contribution in [0.1, 0.15) is 193 Å². The van der Waals surface area contributed by atoms with Crippen molar-refractivity contribution in [2.24, 2.45) is 35.4 Å². The Bertz CT molecular complexity index is 10700. The molecule has 138 heavy (non-hydrogen) atoms. The molecule has 0 aliphatic carbocycles. The van der Waals surface area contributed by atoms with Crippen LogP contribution in [0.15, 0.2) is 111 Å². The minimum absolute atomic E-state index is 0.0164. The first kappa shape index (κ1) is 38.1. The molecule has 0 saturated carbocycles. The molecule has 12 aromatic rings. The number of carbonyl (C=O) groups excluding carboxylic acids is 6. The summed E-state index contributed by atoms with van der Waals surface area (Å²) < 4.78 is 682. The standard InChI is InChI=1S/6C16H20N6O/c6*1-11-5-7-22(14(23)8-17-2)9-13(11)21(3)16-12-4-6-18-15(12)19-10-20-16/h6*4,6,10-11,13H,5,7-9H2,1,3H3,(H,18,19,20)/t6*11-,13+/m111111/s1/i1D3,5D2,7D2,8D2,9D2,10D,11D,13D;1D3,3D3,5D2,7D2,8D2,9D2,10D,11D;3D3,5D2,7D2,8D2,9D2,10D,13D;3D3,5D2,7D2,8D2,9D2,10D,11D;1D3,3D3,5D2,7D2,8D2,9D2,10D;3D3,5D2,7D2,8D2,9D2,10D. The van der Waals surface area contributed by atoms with E-state index in [1.807, 2.05) is 0 Å². The molecular formula is C96H120N36O6. The third kappa shape index (κ3) is 23.1. The molecule has 6 fully saturated rings. The summed E-state index contributed by atoms with van der Waals surface area (Å²) in [6.45, 7) is -51.6. The highest BCUT2D eigenvalue weighted by Crippen LogP contribution is 2.37. The second-order valence-corrected chi connectivity index (χ2v) is 27.0. The van der Waals surface area contributed by atoms with Gasteiger partial charge in [0.1, 0.15) is 131 Å². The largest absolute Gasteiger partial charge is 0.354 e. The summed E-state index contributed by atoms with van der Waals surface area (Å²) in [7, 11) is 0.844. The lowest BCUT2D eigenvalue weighted by molar-refractivity contribution is -0.131. The van der Waals surface area contributed by atoms with Gasteiger partial charge in [0.15, 0.2) is 0 Å². The molecule has 6 aliphatic heterocycles. The maximum Gasteiger partial charge on any atom is 0.302 e. The van der Waals surface area contributed by atoms with Crippen molar-refractivity contribution in [2.45, 2.75) is 116 Å². The van der Waals surface area contributed by atoms with E-state index in [9.17, 15) is 28.8 Å². The molecular weight excluding hydrogens is 1750 g/mol. The number of carbonyl (C=O) groups is 6. The molecule has 6 amide bonds. The Morgan fingerprint density at radius 1 is 0.333 bits per heavy atom. The number of nitrogens with zero attached hydrogens (tertiary/aromatic N) is 30. The van der Waals surface area contributed by atoms with E-state index in [-0.39, 0.29) is 90.7 Å². The van der Waals surface area contributed by atoms with Gasteiger partial charge in [0.2, 0.25) is 0 Å². The number of piperidine rings is 6. The molecule has 6 aliphatic rings. The minimum atomic E-state index is -4.15. The van der Waals surface area contributed by atoms with E-state index in [1.165, 1.54) is 67.5 Å². The molecule has 42 heteroatoms. The zero-order valence-corrected chi connectivity index (χ0v) is 70.3. The highest BCUT2D eigenvalue weighted by atomic mass is 16.2. The van der Waals surface area contributed by atoms with Crippen LogP contribution in [0.3, 0.4) is 0 Å². The van der Waals surface area contributed by atoms with Gasteiger partial charge in [0, 0.05) is 227 Å². The summed E-state index contributed by atoms with van der Waals surface area (Å²) in [5, 5.41) is -0.534. The summed E-state index contributed by atoms with van der Waals surface area (Å²) in [4.78, 5) is 151. The van der Waals surface area contributed by atoms with E-state index < -0.39 is 415 Å². The van der Waals surface area contributed by atoms with Crippen LogP contribution < -0.4 is 29.4 Å². The Kier molecular flexibility index (Phi) is 12.8. The van der Waals surface area contributed by atoms with Gasteiger partial charge >= 0.3 is 35.4 Å². The molecule has 0 radical (unpaired) electrons. The van der Waals surface area contributed by atoms with Crippen LogP contribution in [0.2, 0.25) is 0 Å². The molecule has 42 nitrogen and oxygen atoms in total. The summed E-state index contributed by atoms with van der Waals surface area (Å²) in [5.74, 6) is -34.7. The third-order valence-electron chi connectivity index (χ3n) is 18.6. The molecule has 18 rings (SSSR count). The lowest BCUT2D eigenvalue weighted by Crippen LogP contribution is -2.53. The summed E-state index contributed by atoms with van der Waals surface area (Å²) in [5.41, 5.74) is -0.418. The van der Waals surface area contributed by atoms with Gasteiger partial charge in [-0.25, -0.2) is 99.2 Å². The first-order valence-corrected chi connectivity index (χ1v) is 38.1. The quantitative estimate of drug-likeness (QED) is 0.0435. The molecule has 12 atom stereocenters. The Labute approximate surface area is 918 Å². The predicted molar refractivity (Wildman–Crippen MR) is 527 cm³/mol. The first-order valence-electron chi connectivity index (χ1n) is 79.6. The Balaban J connectivity index is 0.000000211. The van der Waals surface area contributed by atoms with Crippen molar-refractivity contribution in [3.8, 4) is 0 Å². The van der Waals surface area contributed by atoms with E-state index in [1.54, 1.807) is 0 Å². The normalized spacial score (nSPS) is 40.6. The summed E-state index contributed by atoms with van der Waals surface area (Å²) in [6.07, 6.45) is -18.7. The zero-order valence-electron chi connectivity index (χ0n) is 153. The van der Waals surface area contributed by atoms with E-state index in [4.69, 9.17) is 153 Å². The van der Waals surface area contributed by atoms with Crippen LogP contribution in [-0.4, -0.2) is 350 Å². The molecule has 720 valence electrons. The molecule has 6 saturated heterocycles. The highest BCUT2D eigenvalue weighted by Gasteiger charge is 2.41. The second kappa shape index (κ2) is 46.5. The summed E-state index contributed by atoms with van der Waals surface area (Å²) in [6, 6.07) is -10.3. The van der Waals surface area contributed by atoms with E-state index in [2.05, 4.69) is 119 Å². The van der Waals surface area contributed by atoms with E-state index in [0.717, 1.165) is 33.9 Å². The number of anilines is 6. The van der Waals surface area contributed by atoms with Crippen LogP contribution in [0.4, 0.5) is 34.9 Å². The second-order valence-electron chi connectivity index (χ2n) is 27.0. The molecule has 18 heterocycles. The number of hydrogen-bond acceptors (Lipinski definition) is 24. The number of H-pyrrole nitrogens is 6. The highest BCUT2D eigenvalue weighted by molar-refractivity contribution is 5.93. The number of aromatic nitrogens is 18.